The number of rotatable bonds is 7. The Balaban J connectivity index is 1.02. The van der Waals surface area contributed by atoms with Crippen LogP contribution in [-0.2, 0) is 0 Å². The molecule has 0 amide bonds. The lowest BCUT2D eigenvalue weighted by Crippen LogP contribution is -2.10. The summed E-state index contributed by atoms with van der Waals surface area (Å²) in [5.41, 5.74) is 13.0. The van der Waals surface area contributed by atoms with Gasteiger partial charge in [-0.1, -0.05) is 164 Å². The molecule has 0 saturated heterocycles. The Morgan fingerprint density at radius 2 is 0.738 bits per heavy atom. The Morgan fingerprint density at radius 1 is 0.262 bits per heavy atom. The van der Waals surface area contributed by atoms with E-state index in [0.29, 0.717) is 0 Å². The average Bonchev–Trinajstić information content (AvgIpc) is 3.91. The average molecular weight is 812 g/mol. The molecule has 0 spiro atoms. The van der Waals surface area contributed by atoms with Gasteiger partial charge in [0, 0.05) is 57.4 Å². The second kappa shape index (κ2) is 14.8. The lowest BCUT2D eigenvalue weighted by atomic mass is 9.95. The van der Waals surface area contributed by atoms with Crippen molar-refractivity contribution in [1.29, 1.82) is 0 Å². The number of hydrogen-bond donors (Lipinski definition) is 0. The number of fused-ring (bicyclic) bond motifs is 7. The standard InChI is InChI=1S/C58H37NS2/c1-2-12-38(13-3-1)44-35-45(43-25-24-39-14-4-5-15-42(39)34-43)37-48(36-44)59(46-30-26-40(27-31-46)49-18-10-20-53-51-16-6-8-22-55(51)60-57(49)53)47-32-28-41(29-33-47)50-19-11-21-54-52-17-7-9-23-56(52)61-58(50)54/h1-37H. The maximum absolute atomic E-state index is 2.42. The molecule has 2 aromatic heterocycles. The van der Waals surface area contributed by atoms with Crippen molar-refractivity contribution in [2.45, 2.75) is 0 Å². The van der Waals surface area contributed by atoms with Crippen LogP contribution in [0, 0.1) is 0 Å². The van der Waals surface area contributed by atoms with Gasteiger partial charge in [-0.3, -0.25) is 0 Å². The molecule has 0 aliphatic rings. The number of thiophene rings is 2. The van der Waals surface area contributed by atoms with Gasteiger partial charge in [0.2, 0.25) is 0 Å². The minimum Gasteiger partial charge on any atom is -0.310 e. The number of hydrogen-bond acceptors (Lipinski definition) is 3. The second-order valence-corrected chi connectivity index (χ2v) is 17.8. The Hall–Kier alpha value is -7.30. The molecule has 12 rings (SSSR count). The van der Waals surface area contributed by atoms with Crippen LogP contribution >= 0.6 is 22.7 Å². The summed E-state index contributed by atoms with van der Waals surface area (Å²) in [4.78, 5) is 2.42. The predicted octanol–water partition coefficient (Wildman–Crippen LogP) is 17.7. The van der Waals surface area contributed by atoms with Gasteiger partial charge in [-0.15, -0.1) is 22.7 Å². The van der Waals surface area contributed by atoms with Crippen LogP contribution in [0.2, 0.25) is 0 Å². The molecule has 286 valence electrons. The molecule has 1 nitrogen and oxygen atoms in total. The monoisotopic (exact) mass is 811 g/mol. The van der Waals surface area contributed by atoms with Crippen LogP contribution in [0.1, 0.15) is 0 Å². The topological polar surface area (TPSA) is 3.24 Å². The van der Waals surface area contributed by atoms with Crippen LogP contribution in [0.5, 0.6) is 0 Å². The molecule has 61 heavy (non-hydrogen) atoms. The molecule has 0 radical (unpaired) electrons. The summed E-state index contributed by atoms with van der Waals surface area (Å²) in [6.07, 6.45) is 0. The van der Waals surface area contributed by atoms with E-state index in [4.69, 9.17) is 0 Å². The molecule has 0 bridgehead atoms. The largest absolute Gasteiger partial charge is 0.310 e. The van der Waals surface area contributed by atoms with Crippen molar-refractivity contribution in [3.8, 4) is 44.5 Å². The van der Waals surface area contributed by atoms with Gasteiger partial charge in [0.25, 0.3) is 0 Å². The molecule has 0 fully saturated rings. The van der Waals surface area contributed by atoms with Gasteiger partial charge in [-0.05, 0) is 116 Å². The first-order valence-electron chi connectivity index (χ1n) is 20.7. The summed E-state index contributed by atoms with van der Waals surface area (Å²) in [5.74, 6) is 0. The highest BCUT2D eigenvalue weighted by molar-refractivity contribution is 7.26. The molecular formula is C58H37NS2. The maximum atomic E-state index is 2.42. The predicted molar refractivity (Wildman–Crippen MR) is 266 cm³/mol. The van der Waals surface area contributed by atoms with Crippen LogP contribution < -0.4 is 4.90 Å². The van der Waals surface area contributed by atoms with Gasteiger partial charge < -0.3 is 4.90 Å². The van der Waals surface area contributed by atoms with Crippen molar-refractivity contribution in [3.05, 3.63) is 224 Å². The van der Waals surface area contributed by atoms with Crippen molar-refractivity contribution in [3.63, 3.8) is 0 Å². The minimum absolute atomic E-state index is 1.10. The zero-order valence-electron chi connectivity index (χ0n) is 33.1. The van der Waals surface area contributed by atoms with Gasteiger partial charge in [-0.2, -0.15) is 0 Å². The zero-order chi connectivity index (χ0) is 40.3. The third-order valence-corrected chi connectivity index (χ3v) is 14.5. The van der Waals surface area contributed by atoms with Crippen LogP contribution in [0.3, 0.4) is 0 Å². The van der Waals surface area contributed by atoms with E-state index in [1.807, 2.05) is 22.7 Å². The van der Waals surface area contributed by atoms with E-state index in [1.54, 1.807) is 0 Å². The van der Waals surface area contributed by atoms with Crippen LogP contribution in [0.4, 0.5) is 17.1 Å². The second-order valence-electron chi connectivity index (χ2n) is 15.7. The normalized spacial score (nSPS) is 11.6. The Morgan fingerprint density at radius 3 is 1.33 bits per heavy atom. The maximum Gasteiger partial charge on any atom is 0.0473 e. The Bertz CT molecular complexity index is 3420. The lowest BCUT2D eigenvalue weighted by Gasteiger charge is -2.27. The molecule has 0 unspecified atom stereocenters. The van der Waals surface area contributed by atoms with E-state index in [2.05, 4.69) is 229 Å². The zero-order valence-corrected chi connectivity index (χ0v) is 34.8. The minimum atomic E-state index is 1.10. The van der Waals surface area contributed by atoms with E-state index in [9.17, 15) is 0 Å². The molecule has 12 aromatic rings. The Kier molecular flexibility index (Phi) is 8.62. The quantitative estimate of drug-likeness (QED) is 0.155. The number of nitrogens with zero attached hydrogens (tertiary/aromatic N) is 1. The van der Waals surface area contributed by atoms with Crippen molar-refractivity contribution < 1.29 is 0 Å². The van der Waals surface area contributed by atoms with Crippen molar-refractivity contribution in [1.82, 2.24) is 0 Å². The van der Waals surface area contributed by atoms with Gasteiger partial charge in [0.05, 0.1) is 0 Å². The molecule has 0 N–H and O–H groups in total. The molecular weight excluding hydrogens is 775 g/mol. The molecule has 2 heterocycles. The van der Waals surface area contributed by atoms with Gasteiger partial charge in [0.1, 0.15) is 0 Å². The van der Waals surface area contributed by atoms with Gasteiger partial charge >= 0.3 is 0 Å². The first-order valence-corrected chi connectivity index (χ1v) is 22.4. The SMILES string of the molecule is c1ccc(-c2cc(-c3ccc4ccccc4c3)cc(N(c3ccc(-c4cccc5c4sc4ccccc45)cc3)c3ccc(-c4cccc5c4sc4ccccc45)cc3)c2)cc1. The number of benzene rings is 10. The lowest BCUT2D eigenvalue weighted by molar-refractivity contribution is 1.28. The van der Waals surface area contributed by atoms with Crippen molar-refractivity contribution >= 4 is 90.9 Å². The fourth-order valence-electron chi connectivity index (χ4n) is 9.05. The summed E-state index contributed by atoms with van der Waals surface area (Å²) in [6, 6.07) is 82.5. The van der Waals surface area contributed by atoms with Gasteiger partial charge in [-0.25, -0.2) is 0 Å². The first kappa shape index (κ1) is 35.6. The van der Waals surface area contributed by atoms with Crippen LogP contribution in [-0.4, -0.2) is 0 Å². The fourth-order valence-corrected chi connectivity index (χ4v) is 11.5. The van der Waals surface area contributed by atoms with Gasteiger partial charge in [0.15, 0.2) is 0 Å². The molecule has 0 aliphatic heterocycles. The molecule has 10 aromatic carbocycles. The highest BCUT2D eigenvalue weighted by Crippen LogP contribution is 2.45. The molecule has 0 atom stereocenters. The van der Waals surface area contributed by atoms with E-state index in [-0.39, 0.29) is 0 Å². The van der Waals surface area contributed by atoms with Crippen LogP contribution in [0.15, 0.2) is 224 Å². The third kappa shape index (κ3) is 6.29. The third-order valence-electron chi connectivity index (χ3n) is 12.0. The highest BCUT2D eigenvalue weighted by Gasteiger charge is 2.18. The summed E-state index contributed by atoms with van der Waals surface area (Å²) in [6.45, 7) is 0. The van der Waals surface area contributed by atoms with Crippen molar-refractivity contribution in [2.75, 3.05) is 4.90 Å². The van der Waals surface area contributed by atoms with E-state index < -0.39 is 0 Å². The molecule has 0 aliphatic carbocycles. The van der Waals surface area contributed by atoms with E-state index in [0.717, 1.165) is 17.1 Å². The fraction of sp³-hybridized carbons (Fsp3) is 0. The summed E-state index contributed by atoms with van der Waals surface area (Å²) >= 11 is 3.76. The summed E-state index contributed by atoms with van der Waals surface area (Å²) in [5, 5.41) is 7.74. The Labute approximate surface area is 362 Å². The van der Waals surface area contributed by atoms with E-state index in [1.165, 1.54) is 95.6 Å². The summed E-state index contributed by atoms with van der Waals surface area (Å²) in [7, 11) is 0. The molecule has 3 heteroatoms. The summed E-state index contributed by atoms with van der Waals surface area (Å²) < 4.78 is 5.29. The van der Waals surface area contributed by atoms with E-state index >= 15 is 0 Å². The van der Waals surface area contributed by atoms with Crippen LogP contribution in [0.25, 0.3) is 95.6 Å². The first-order chi connectivity index (χ1) is 30.2. The smallest absolute Gasteiger partial charge is 0.0473 e. The highest BCUT2D eigenvalue weighted by atomic mass is 32.1. The van der Waals surface area contributed by atoms with Crippen molar-refractivity contribution in [2.24, 2.45) is 0 Å². The molecule has 0 saturated carbocycles. The number of anilines is 3.